The van der Waals surface area contributed by atoms with Crippen LogP contribution in [0.3, 0.4) is 0 Å². The highest BCUT2D eigenvalue weighted by molar-refractivity contribution is 6.32. The highest BCUT2D eigenvalue weighted by atomic mass is 35.5. The Morgan fingerprint density at radius 1 is 1.17 bits per heavy atom. The maximum absolute atomic E-state index is 13.1. The Hall–Kier alpha value is -3.43. The van der Waals surface area contributed by atoms with Crippen molar-refractivity contribution in [2.45, 2.75) is 51.0 Å². The molecule has 2 aromatic heterocycles. The van der Waals surface area contributed by atoms with Crippen molar-refractivity contribution in [1.82, 2.24) is 20.3 Å². The molecule has 0 spiro atoms. The number of aliphatic hydroxyl groups is 1. The van der Waals surface area contributed by atoms with Crippen LogP contribution in [0.2, 0.25) is 5.02 Å². The second-order valence-corrected chi connectivity index (χ2v) is 8.73. The number of carbonyl (C=O) groups excluding carboxylic acids is 1. The molecule has 0 bridgehead atoms. The van der Waals surface area contributed by atoms with E-state index in [1.807, 2.05) is 24.3 Å². The lowest BCUT2D eigenvalue weighted by molar-refractivity contribution is 0.0867. The predicted molar refractivity (Wildman–Crippen MR) is 132 cm³/mol. The molecule has 2 heterocycles. The van der Waals surface area contributed by atoms with E-state index in [1.165, 1.54) is 6.20 Å². The summed E-state index contributed by atoms with van der Waals surface area (Å²) in [5, 5.41) is 16.5. The lowest BCUT2D eigenvalue weighted by atomic mass is 9.93. The SMILES string of the molecule is COc1ccc(CNc2nc(OCc3ccccn3)ncc2C(=O)NC2CCC(O)CC2)cc1Cl. The summed E-state index contributed by atoms with van der Waals surface area (Å²) in [5.74, 6) is 0.648. The average molecular weight is 498 g/mol. The molecule has 0 radical (unpaired) electrons. The number of nitrogens with one attached hydrogen (secondary N) is 2. The molecule has 4 rings (SSSR count). The number of aromatic nitrogens is 3. The normalized spacial score (nSPS) is 17.5. The molecular weight excluding hydrogens is 470 g/mol. The number of pyridine rings is 1. The topological polar surface area (TPSA) is 118 Å². The maximum Gasteiger partial charge on any atom is 0.318 e. The molecule has 1 saturated carbocycles. The summed E-state index contributed by atoms with van der Waals surface area (Å²) in [7, 11) is 1.56. The van der Waals surface area contributed by atoms with Gasteiger partial charge < -0.3 is 25.2 Å². The molecular formula is C25H28ClN5O4. The van der Waals surface area contributed by atoms with Crippen molar-refractivity contribution in [3.05, 3.63) is 70.6 Å². The first-order chi connectivity index (χ1) is 17.0. The van der Waals surface area contributed by atoms with Crippen LogP contribution >= 0.6 is 11.6 Å². The number of halogens is 1. The molecule has 9 nitrogen and oxygen atoms in total. The minimum Gasteiger partial charge on any atom is -0.495 e. The fourth-order valence-electron chi connectivity index (χ4n) is 3.85. The lowest BCUT2D eigenvalue weighted by Gasteiger charge is -2.26. The van der Waals surface area contributed by atoms with Crippen molar-refractivity contribution >= 4 is 23.3 Å². The zero-order chi connectivity index (χ0) is 24.6. The van der Waals surface area contributed by atoms with E-state index in [0.717, 1.165) is 24.1 Å². The minimum absolute atomic E-state index is 0.000716. The van der Waals surface area contributed by atoms with Crippen LogP contribution in [0.15, 0.2) is 48.8 Å². The van der Waals surface area contributed by atoms with E-state index in [1.54, 1.807) is 25.4 Å². The number of benzene rings is 1. The highest BCUT2D eigenvalue weighted by Crippen LogP contribution is 2.26. The number of methoxy groups -OCH3 is 1. The number of carbonyl (C=O) groups is 1. The number of ether oxygens (including phenoxy) is 2. The molecule has 0 unspecified atom stereocenters. The average Bonchev–Trinajstić information content (AvgIpc) is 2.88. The van der Waals surface area contributed by atoms with Crippen LogP contribution in [0.1, 0.15) is 47.3 Å². The van der Waals surface area contributed by atoms with Gasteiger partial charge in [0.05, 0.1) is 23.9 Å². The van der Waals surface area contributed by atoms with E-state index in [2.05, 4.69) is 25.6 Å². The molecule has 1 fully saturated rings. The summed E-state index contributed by atoms with van der Waals surface area (Å²) in [6.45, 7) is 0.570. The molecule has 3 aromatic rings. The molecule has 1 aliphatic rings. The quantitative estimate of drug-likeness (QED) is 0.409. The van der Waals surface area contributed by atoms with Gasteiger partial charge in [-0.2, -0.15) is 4.98 Å². The summed E-state index contributed by atoms with van der Waals surface area (Å²) in [6.07, 6.45) is 5.64. The maximum atomic E-state index is 13.1. The first-order valence-corrected chi connectivity index (χ1v) is 11.8. The van der Waals surface area contributed by atoms with Gasteiger partial charge in [0.15, 0.2) is 0 Å². The minimum atomic E-state index is -0.296. The fourth-order valence-corrected chi connectivity index (χ4v) is 4.13. The smallest absolute Gasteiger partial charge is 0.318 e. The summed E-state index contributed by atoms with van der Waals surface area (Å²) < 4.78 is 10.9. The Bertz CT molecular complexity index is 1140. The van der Waals surface area contributed by atoms with Crippen LogP contribution in [0.4, 0.5) is 5.82 Å². The number of rotatable bonds is 9. The summed E-state index contributed by atoms with van der Waals surface area (Å²) >= 11 is 6.25. The van der Waals surface area contributed by atoms with Crippen molar-refractivity contribution in [2.24, 2.45) is 0 Å². The van der Waals surface area contributed by atoms with Crippen molar-refractivity contribution in [3.63, 3.8) is 0 Å². The van der Waals surface area contributed by atoms with Gasteiger partial charge in [0.25, 0.3) is 5.91 Å². The van der Waals surface area contributed by atoms with Gasteiger partial charge in [-0.15, -0.1) is 0 Å². The van der Waals surface area contributed by atoms with Gasteiger partial charge in [0.1, 0.15) is 23.7 Å². The first kappa shape index (κ1) is 24.7. The van der Waals surface area contributed by atoms with E-state index in [0.29, 0.717) is 41.5 Å². The molecule has 35 heavy (non-hydrogen) atoms. The van der Waals surface area contributed by atoms with Gasteiger partial charge in [-0.1, -0.05) is 23.7 Å². The molecule has 1 aromatic carbocycles. The van der Waals surface area contributed by atoms with E-state index in [9.17, 15) is 9.90 Å². The Balaban J connectivity index is 1.50. The number of anilines is 1. The third kappa shape index (κ3) is 6.80. The van der Waals surface area contributed by atoms with Crippen molar-refractivity contribution in [2.75, 3.05) is 12.4 Å². The number of aliphatic hydroxyl groups excluding tert-OH is 1. The molecule has 0 saturated heterocycles. The van der Waals surface area contributed by atoms with Crippen LogP contribution in [0.5, 0.6) is 11.8 Å². The molecule has 1 aliphatic carbocycles. The second-order valence-electron chi connectivity index (χ2n) is 8.33. The number of hydrogen-bond acceptors (Lipinski definition) is 8. The van der Waals surface area contributed by atoms with Crippen LogP contribution in [0, 0.1) is 0 Å². The Labute approximate surface area is 208 Å². The number of nitrogens with zero attached hydrogens (tertiary/aromatic N) is 3. The van der Waals surface area contributed by atoms with E-state index < -0.39 is 0 Å². The largest absolute Gasteiger partial charge is 0.495 e. The molecule has 0 aliphatic heterocycles. The summed E-state index contributed by atoms with van der Waals surface area (Å²) in [6, 6.07) is 11.1. The third-order valence-corrected chi connectivity index (χ3v) is 6.09. The highest BCUT2D eigenvalue weighted by Gasteiger charge is 2.23. The lowest BCUT2D eigenvalue weighted by Crippen LogP contribution is -2.39. The zero-order valence-corrected chi connectivity index (χ0v) is 20.2. The van der Waals surface area contributed by atoms with Crippen LogP contribution < -0.4 is 20.1 Å². The van der Waals surface area contributed by atoms with E-state index >= 15 is 0 Å². The zero-order valence-electron chi connectivity index (χ0n) is 19.4. The molecule has 3 N–H and O–H groups in total. The fraction of sp³-hybridized carbons (Fsp3) is 0.360. The van der Waals surface area contributed by atoms with E-state index in [-0.39, 0.29) is 30.7 Å². The van der Waals surface area contributed by atoms with E-state index in [4.69, 9.17) is 21.1 Å². The molecule has 10 heteroatoms. The van der Waals surface area contributed by atoms with Gasteiger partial charge in [-0.3, -0.25) is 9.78 Å². The van der Waals surface area contributed by atoms with Gasteiger partial charge in [0, 0.05) is 25.0 Å². The Kier molecular flexibility index (Phi) is 8.33. The summed E-state index contributed by atoms with van der Waals surface area (Å²) in [5.41, 5.74) is 1.93. The summed E-state index contributed by atoms with van der Waals surface area (Å²) in [4.78, 5) is 26.0. The van der Waals surface area contributed by atoms with Crippen molar-refractivity contribution < 1.29 is 19.4 Å². The monoisotopic (exact) mass is 497 g/mol. The second kappa shape index (κ2) is 11.8. The molecule has 1 amide bonds. The number of amides is 1. The van der Waals surface area contributed by atoms with Crippen LogP contribution in [-0.4, -0.2) is 45.2 Å². The van der Waals surface area contributed by atoms with Crippen molar-refractivity contribution in [1.29, 1.82) is 0 Å². The van der Waals surface area contributed by atoms with Gasteiger partial charge >= 0.3 is 6.01 Å². The van der Waals surface area contributed by atoms with Crippen molar-refractivity contribution in [3.8, 4) is 11.8 Å². The van der Waals surface area contributed by atoms with Crippen LogP contribution in [-0.2, 0) is 13.2 Å². The third-order valence-electron chi connectivity index (χ3n) is 5.79. The first-order valence-electron chi connectivity index (χ1n) is 11.5. The standard InChI is InChI=1S/C25H28ClN5O4/c1-34-22-10-5-16(12-21(22)26)13-28-23-20(24(33)30-17-6-8-19(32)9-7-17)14-29-25(31-23)35-15-18-4-2-3-11-27-18/h2-5,10-12,14,17,19,32H,6-9,13,15H2,1H3,(H,30,33)(H,28,29,31). The van der Waals surface area contributed by atoms with Gasteiger partial charge in [-0.05, 0) is 55.5 Å². The number of hydrogen-bond donors (Lipinski definition) is 3. The van der Waals surface area contributed by atoms with Gasteiger partial charge in [0.2, 0.25) is 0 Å². The molecule has 184 valence electrons. The Morgan fingerprint density at radius 2 is 2.00 bits per heavy atom. The van der Waals surface area contributed by atoms with Crippen LogP contribution in [0.25, 0.3) is 0 Å². The predicted octanol–water partition coefficient (Wildman–Crippen LogP) is 3.76. The molecule has 0 atom stereocenters. The van der Waals surface area contributed by atoms with Gasteiger partial charge in [-0.25, -0.2) is 4.98 Å². The Morgan fingerprint density at radius 3 is 2.71 bits per heavy atom.